The average molecular weight is 325 g/mol. The van der Waals surface area contributed by atoms with E-state index in [2.05, 4.69) is 25.6 Å². The Kier molecular flexibility index (Phi) is 4.84. The average Bonchev–Trinajstić information content (AvgIpc) is 2.59. The topological polar surface area (TPSA) is 18.5 Å². The SMILES string of the molecule is Cc1ccc(Cl)cc1C=C(CS)B1OC(C)(C)C(C)(C)O1. The normalized spacial score (nSPS) is 20.9. The Morgan fingerprint density at radius 2 is 1.81 bits per heavy atom. The number of thiol groups is 1. The van der Waals surface area contributed by atoms with Gasteiger partial charge in [0.1, 0.15) is 0 Å². The van der Waals surface area contributed by atoms with Gasteiger partial charge in [-0.1, -0.05) is 23.7 Å². The van der Waals surface area contributed by atoms with E-state index in [1.807, 2.05) is 45.9 Å². The molecule has 0 spiro atoms. The third-order valence-electron chi connectivity index (χ3n) is 4.32. The second kappa shape index (κ2) is 6.00. The highest BCUT2D eigenvalue weighted by Gasteiger charge is 2.52. The molecule has 114 valence electrons. The summed E-state index contributed by atoms with van der Waals surface area (Å²) in [6.07, 6.45) is 2.07. The highest BCUT2D eigenvalue weighted by Crippen LogP contribution is 2.39. The number of rotatable bonds is 3. The Balaban J connectivity index is 2.33. The van der Waals surface area contributed by atoms with Gasteiger partial charge in [-0.15, -0.1) is 0 Å². The highest BCUT2D eigenvalue weighted by molar-refractivity contribution is 7.80. The third kappa shape index (κ3) is 3.50. The molecule has 0 bridgehead atoms. The fourth-order valence-electron chi connectivity index (χ4n) is 2.15. The second-order valence-corrected chi connectivity index (χ2v) is 7.22. The van der Waals surface area contributed by atoms with E-state index in [0.29, 0.717) is 5.75 Å². The summed E-state index contributed by atoms with van der Waals surface area (Å²) in [5, 5.41) is 0.722. The van der Waals surface area contributed by atoms with Gasteiger partial charge in [-0.3, -0.25) is 0 Å². The van der Waals surface area contributed by atoms with Crippen LogP contribution >= 0.6 is 24.2 Å². The first-order chi connectivity index (χ1) is 9.66. The summed E-state index contributed by atoms with van der Waals surface area (Å²) in [4.78, 5) is 0. The zero-order chi connectivity index (χ0) is 15.8. The van der Waals surface area contributed by atoms with Crippen molar-refractivity contribution in [2.24, 2.45) is 0 Å². The van der Waals surface area contributed by atoms with Crippen LogP contribution < -0.4 is 0 Å². The van der Waals surface area contributed by atoms with Gasteiger partial charge in [0.2, 0.25) is 0 Å². The maximum atomic E-state index is 6.09. The predicted molar refractivity (Wildman–Crippen MR) is 94.1 cm³/mol. The molecule has 21 heavy (non-hydrogen) atoms. The monoisotopic (exact) mass is 324 g/mol. The minimum Gasteiger partial charge on any atom is -0.400 e. The fourth-order valence-corrected chi connectivity index (χ4v) is 2.57. The summed E-state index contributed by atoms with van der Waals surface area (Å²) in [5.41, 5.74) is 2.55. The smallest absolute Gasteiger partial charge is 0.400 e. The summed E-state index contributed by atoms with van der Waals surface area (Å²) in [5.74, 6) is 0.572. The lowest BCUT2D eigenvalue weighted by Crippen LogP contribution is -2.41. The molecule has 1 aromatic rings. The first kappa shape index (κ1) is 16.9. The van der Waals surface area contributed by atoms with E-state index in [4.69, 9.17) is 20.9 Å². The number of aryl methyl sites for hydroxylation is 1. The molecule has 1 aliphatic heterocycles. The quantitative estimate of drug-likeness (QED) is 0.647. The molecule has 2 nitrogen and oxygen atoms in total. The van der Waals surface area contributed by atoms with Crippen LogP contribution in [0.1, 0.15) is 38.8 Å². The molecule has 0 amide bonds. The molecule has 0 N–H and O–H groups in total. The number of benzene rings is 1. The van der Waals surface area contributed by atoms with Gasteiger partial charge in [0.15, 0.2) is 0 Å². The van der Waals surface area contributed by atoms with Crippen molar-refractivity contribution < 1.29 is 9.31 Å². The number of hydrogen-bond donors (Lipinski definition) is 1. The van der Waals surface area contributed by atoms with Gasteiger partial charge in [0, 0.05) is 10.8 Å². The van der Waals surface area contributed by atoms with Crippen molar-refractivity contribution in [3.8, 4) is 0 Å². The zero-order valence-corrected chi connectivity index (χ0v) is 14.9. The van der Waals surface area contributed by atoms with Crippen LogP contribution in [0.5, 0.6) is 0 Å². The van der Waals surface area contributed by atoms with Crippen LogP contribution in [0.3, 0.4) is 0 Å². The molecule has 0 aliphatic carbocycles. The lowest BCUT2D eigenvalue weighted by atomic mass is 9.78. The van der Waals surface area contributed by atoms with Crippen LogP contribution in [0.25, 0.3) is 6.08 Å². The standard InChI is InChI=1S/C16H22BClO2S/c1-11-6-7-14(18)9-12(11)8-13(10-21)17-19-15(2,3)16(4,5)20-17/h6-9,21H,10H2,1-5H3. The van der Waals surface area contributed by atoms with Crippen LogP contribution in [-0.2, 0) is 9.31 Å². The Morgan fingerprint density at radius 3 is 2.33 bits per heavy atom. The molecule has 0 atom stereocenters. The Bertz CT molecular complexity index is 553. The summed E-state index contributed by atoms with van der Waals surface area (Å²) in [6.45, 7) is 10.3. The van der Waals surface area contributed by atoms with E-state index in [1.165, 1.54) is 0 Å². The van der Waals surface area contributed by atoms with Crippen molar-refractivity contribution in [3.05, 3.63) is 39.8 Å². The molecule has 5 heteroatoms. The lowest BCUT2D eigenvalue weighted by molar-refractivity contribution is 0.00578. The Hall–Kier alpha value is -0.415. The Labute approximate surface area is 138 Å². The first-order valence-corrected chi connectivity index (χ1v) is 8.10. The van der Waals surface area contributed by atoms with Gasteiger partial charge in [-0.25, -0.2) is 0 Å². The minimum atomic E-state index is -0.370. The molecule has 2 rings (SSSR count). The maximum Gasteiger partial charge on any atom is 0.491 e. The Morgan fingerprint density at radius 1 is 1.24 bits per heavy atom. The molecule has 0 radical (unpaired) electrons. The van der Waals surface area contributed by atoms with Crippen LogP contribution in [0.15, 0.2) is 23.7 Å². The fraction of sp³-hybridized carbons (Fsp3) is 0.500. The molecule has 1 aromatic carbocycles. The van der Waals surface area contributed by atoms with E-state index in [1.54, 1.807) is 0 Å². The summed E-state index contributed by atoms with van der Waals surface area (Å²) in [6, 6.07) is 5.85. The molecular formula is C16H22BClO2S. The van der Waals surface area contributed by atoms with Gasteiger partial charge in [-0.05, 0) is 63.4 Å². The van der Waals surface area contributed by atoms with Crippen LogP contribution in [0.4, 0.5) is 0 Å². The van der Waals surface area contributed by atoms with E-state index in [0.717, 1.165) is 21.6 Å². The number of halogens is 1. The van der Waals surface area contributed by atoms with Gasteiger partial charge >= 0.3 is 7.12 Å². The molecular weight excluding hydrogens is 303 g/mol. The van der Waals surface area contributed by atoms with Gasteiger partial charge in [0.05, 0.1) is 11.2 Å². The molecule has 0 saturated carbocycles. The van der Waals surface area contributed by atoms with E-state index >= 15 is 0 Å². The summed E-state index contributed by atoms with van der Waals surface area (Å²) >= 11 is 10.5. The second-order valence-electron chi connectivity index (χ2n) is 6.47. The molecule has 1 fully saturated rings. The van der Waals surface area contributed by atoms with Crippen molar-refractivity contribution in [3.63, 3.8) is 0 Å². The van der Waals surface area contributed by atoms with E-state index in [-0.39, 0.29) is 18.3 Å². The number of hydrogen-bond acceptors (Lipinski definition) is 3. The molecule has 0 unspecified atom stereocenters. The maximum absolute atomic E-state index is 6.09. The van der Waals surface area contributed by atoms with Crippen LogP contribution in [0, 0.1) is 6.92 Å². The first-order valence-electron chi connectivity index (χ1n) is 7.09. The lowest BCUT2D eigenvalue weighted by Gasteiger charge is -2.32. The van der Waals surface area contributed by atoms with Crippen molar-refractivity contribution >= 4 is 37.4 Å². The van der Waals surface area contributed by atoms with Crippen LogP contribution in [-0.4, -0.2) is 24.1 Å². The molecule has 0 aromatic heterocycles. The largest absolute Gasteiger partial charge is 0.491 e. The van der Waals surface area contributed by atoms with Gasteiger partial charge in [-0.2, -0.15) is 12.6 Å². The third-order valence-corrected chi connectivity index (χ3v) is 4.92. The predicted octanol–water partition coefficient (Wildman–Crippen LogP) is 4.59. The highest BCUT2D eigenvalue weighted by atomic mass is 35.5. The van der Waals surface area contributed by atoms with Crippen molar-refractivity contribution in [1.29, 1.82) is 0 Å². The van der Waals surface area contributed by atoms with E-state index in [9.17, 15) is 0 Å². The molecule has 1 heterocycles. The zero-order valence-electron chi connectivity index (χ0n) is 13.2. The van der Waals surface area contributed by atoms with Gasteiger partial charge in [0.25, 0.3) is 0 Å². The van der Waals surface area contributed by atoms with Crippen LogP contribution in [0.2, 0.25) is 5.02 Å². The summed E-state index contributed by atoms with van der Waals surface area (Å²) < 4.78 is 12.2. The minimum absolute atomic E-state index is 0.344. The van der Waals surface area contributed by atoms with Crippen molar-refractivity contribution in [1.82, 2.24) is 0 Å². The summed E-state index contributed by atoms with van der Waals surface area (Å²) in [7, 11) is -0.370. The molecule has 1 aliphatic rings. The van der Waals surface area contributed by atoms with Crippen molar-refractivity contribution in [2.75, 3.05) is 5.75 Å². The van der Waals surface area contributed by atoms with E-state index < -0.39 is 0 Å². The van der Waals surface area contributed by atoms with Crippen molar-refractivity contribution in [2.45, 2.75) is 45.8 Å². The molecule has 1 saturated heterocycles. The van der Waals surface area contributed by atoms with Gasteiger partial charge < -0.3 is 9.31 Å².